The minimum atomic E-state index is 0.193. The molecule has 92 valence electrons. The molecule has 18 heavy (non-hydrogen) atoms. The molecule has 4 heteroatoms. The average Bonchev–Trinajstić information content (AvgIpc) is 2.77. The van der Waals surface area contributed by atoms with Gasteiger partial charge in [-0.3, -0.25) is 4.98 Å². The van der Waals surface area contributed by atoms with E-state index in [0.29, 0.717) is 10.0 Å². The van der Waals surface area contributed by atoms with Crippen molar-refractivity contribution in [2.24, 2.45) is 0 Å². The molecule has 1 aromatic carbocycles. The van der Waals surface area contributed by atoms with Crippen LogP contribution in [0.2, 0.25) is 10.0 Å². The van der Waals surface area contributed by atoms with Gasteiger partial charge in [-0.05, 0) is 36.6 Å². The topological polar surface area (TPSA) is 24.9 Å². The number of para-hydroxylation sites is 1. The molecule has 0 radical (unpaired) electrons. The number of hydrogen-bond donors (Lipinski definition) is 1. The van der Waals surface area contributed by atoms with Crippen LogP contribution < -0.4 is 5.32 Å². The predicted molar refractivity (Wildman–Crippen MR) is 75.4 cm³/mol. The average molecular weight is 279 g/mol. The monoisotopic (exact) mass is 278 g/mol. The van der Waals surface area contributed by atoms with Crippen LogP contribution in [0.15, 0.2) is 36.5 Å². The van der Waals surface area contributed by atoms with Crippen LogP contribution in [0.1, 0.15) is 23.7 Å². The molecule has 0 bridgehead atoms. The molecular weight excluding hydrogens is 267 g/mol. The smallest absolute Gasteiger partial charge is 0.0724 e. The van der Waals surface area contributed by atoms with Crippen LogP contribution in [-0.2, 0) is 6.42 Å². The first-order chi connectivity index (χ1) is 8.75. The number of pyridine rings is 1. The van der Waals surface area contributed by atoms with Gasteiger partial charge in [0.25, 0.3) is 0 Å². The first-order valence-corrected chi connectivity index (χ1v) is 6.65. The van der Waals surface area contributed by atoms with Crippen LogP contribution in [-0.4, -0.2) is 4.98 Å². The standard InChI is InChI=1S/C14H12Cl2N2/c15-10-4-1-5-11(16)14(10)18-12-7-6-9-3-2-8-17-13(9)12/h1-5,8,12,18H,6-7H2. The van der Waals surface area contributed by atoms with Crippen molar-refractivity contribution < 1.29 is 0 Å². The van der Waals surface area contributed by atoms with Gasteiger partial charge in [0.05, 0.1) is 27.5 Å². The van der Waals surface area contributed by atoms with Gasteiger partial charge in [-0.1, -0.05) is 35.3 Å². The van der Waals surface area contributed by atoms with E-state index in [1.165, 1.54) is 5.56 Å². The second-order valence-corrected chi connectivity index (χ2v) is 5.19. The molecule has 0 amide bonds. The number of nitrogens with one attached hydrogen (secondary N) is 1. The summed E-state index contributed by atoms with van der Waals surface area (Å²) in [6.45, 7) is 0. The zero-order valence-electron chi connectivity index (χ0n) is 9.66. The molecule has 0 spiro atoms. The molecule has 1 aliphatic rings. The van der Waals surface area contributed by atoms with Gasteiger partial charge in [-0.2, -0.15) is 0 Å². The van der Waals surface area contributed by atoms with Crippen LogP contribution in [0.5, 0.6) is 0 Å². The van der Waals surface area contributed by atoms with E-state index in [4.69, 9.17) is 23.2 Å². The zero-order valence-corrected chi connectivity index (χ0v) is 11.2. The van der Waals surface area contributed by atoms with E-state index in [9.17, 15) is 0 Å². The third-order valence-electron chi connectivity index (χ3n) is 3.24. The fourth-order valence-electron chi connectivity index (χ4n) is 2.36. The molecule has 0 aliphatic heterocycles. The summed E-state index contributed by atoms with van der Waals surface area (Å²) in [7, 11) is 0. The fraction of sp³-hybridized carbons (Fsp3) is 0.214. The van der Waals surface area contributed by atoms with Crippen molar-refractivity contribution in [1.82, 2.24) is 4.98 Å². The van der Waals surface area contributed by atoms with E-state index in [0.717, 1.165) is 24.2 Å². The summed E-state index contributed by atoms with van der Waals surface area (Å²) in [6, 6.07) is 9.81. The Kier molecular flexibility index (Phi) is 3.14. The van der Waals surface area contributed by atoms with Crippen LogP contribution in [0.25, 0.3) is 0 Å². The molecule has 0 fully saturated rings. The Balaban J connectivity index is 1.91. The maximum atomic E-state index is 6.17. The summed E-state index contributed by atoms with van der Waals surface area (Å²) in [5.41, 5.74) is 3.20. The summed E-state index contributed by atoms with van der Waals surface area (Å²) < 4.78 is 0. The highest BCUT2D eigenvalue weighted by Crippen LogP contribution is 2.37. The molecule has 1 atom stereocenters. The van der Waals surface area contributed by atoms with Gasteiger partial charge >= 0.3 is 0 Å². The number of anilines is 1. The quantitative estimate of drug-likeness (QED) is 0.876. The summed E-state index contributed by atoms with van der Waals surface area (Å²) in [6.07, 6.45) is 3.89. The minimum Gasteiger partial charge on any atom is -0.374 e. The van der Waals surface area contributed by atoms with Crippen LogP contribution in [0, 0.1) is 0 Å². The molecule has 1 aliphatic carbocycles. The lowest BCUT2D eigenvalue weighted by Crippen LogP contribution is -2.09. The third kappa shape index (κ3) is 2.06. The molecular formula is C14H12Cl2N2. The fourth-order valence-corrected chi connectivity index (χ4v) is 2.87. The Hall–Kier alpha value is -1.25. The van der Waals surface area contributed by atoms with Gasteiger partial charge in [-0.25, -0.2) is 0 Å². The van der Waals surface area contributed by atoms with E-state index < -0.39 is 0 Å². The second-order valence-electron chi connectivity index (χ2n) is 4.38. The van der Waals surface area contributed by atoms with E-state index in [1.807, 2.05) is 30.5 Å². The van der Waals surface area contributed by atoms with Crippen LogP contribution in [0.4, 0.5) is 5.69 Å². The molecule has 0 saturated carbocycles. The second kappa shape index (κ2) is 4.79. The highest BCUT2D eigenvalue weighted by Gasteiger charge is 2.24. The first-order valence-electron chi connectivity index (χ1n) is 5.90. The van der Waals surface area contributed by atoms with Crippen molar-refractivity contribution in [2.75, 3.05) is 5.32 Å². The number of nitrogens with zero attached hydrogens (tertiary/aromatic N) is 1. The Morgan fingerprint density at radius 3 is 2.67 bits per heavy atom. The number of aromatic nitrogens is 1. The van der Waals surface area contributed by atoms with Gasteiger partial charge in [0.15, 0.2) is 0 Å². The van der Waals surface area contributed by atoms with Gasteiger partial charge in [0.2, 0.25) is 0 Å². The zero-order chi connectivity index (χ0) is 12.5. The summed E-state index contributed by atoms with van der Waals surface area (Å²) >= 11 is 12.3. The summed E-state index contributed by atoms with van der Waals surface area (Å²) in [5, 5.41) is 4.70. The lowest BCUT2D eigenvalue weighted by molar-refractivity contribution is 0.746. The van der Waals surface area contributed by atoms with Crippen molar-refractivity contribution in [3.8, 4) is 0 Å². The minimum absolute atomic E-state index is 0.193. The van der Waals surface area contributed by atoms with Crippen molar-refractivity contribution in [3.63, 3.8) is 0 Å². The van der Waals surface area contributed by atoms with E-state index in [1.54, 1.807) is 0 Å². The van der Waals surface area contributed by atoms with Gasteiger partial charge in [0, 0.05) is 6.20 Å². The third-order valence-corrected chi connectivity index (χ3v) is 3.87. The number of benzene rings is 1. The Morgan fingerprint density at radius 1 is 1.11 bits per heavy atom. The summed E-state index contributed by atoms with van der Waals surface area (Å²) in [4.78, 5) is 4.45. The van der Waals surface area contributed by atoms with Gasteiger partial charge in [0.1, 0.15) is 0 Å². The molecule has 0 saturated heterocycles. The Bertz CT molecular complexity index is 564. The molecule has 1 aromatic heterocycles. The SMILES string of the molecule is Clc1cccc(Cl)c1NC1CCc2cccnc21. The molecule has 1 unspecified atom stereocenters. The Morgan fingerprint density at radius 2 is 1.89 bits per heavy atom. The van der Waals surface area contributed by atoms with Crippen molar-refractivity contribution in [1.29, 1.82) is 0 Å². The number of rotatable bonds is 2. The van der Waals surface area contributed by atoms with Crippen LogP contribution in [0.3, 0.4) is 0 Å². The van der Waals surface area contributed by atoms with E-state index in [-0.39, 0.29) is 6.04 Å². The van der Waals surface area contributed by atoms with Crippen molar-refractivity contribution in [3.05, 3.63) is 57.8 Å². The molecule has 3 rings (SSSR count). The molecule has 1 heterocycles. The predicted octanol–water partition coefficient (Wildman–Crippen LogP) is 4.49. The highest BCUT2D eigenvalue weighted by molar-refractivity contribution is 6.39. The van der Waals surface area contributed by atoms with Crippen molar-refractivity contribution in [2.45, 2.75) is 18.9 Å². The number of halogens is 2. The summed E-state index contributed by atoms with van der Waals surface area (Å²) in [5.74, 6) is 0. The number of hydrogen-bond acceptors (Lipinski definition) is 2. The van der Waals surface area contributed by atoms with Gasteiger partial charge in [-0.15, -0.1) is 0 Å². The van der Waals surface area contributed by atoms with E-state index in [2.05, 4.69) is 16.4 Å². The first kappa shape index (κ1) is 11.8. The molecule has 2 aromatic rings. The van der Waals surface area contributed by atoms with Crippen molar-refractivity contribution >= 4 is 28.9 Å². The lowest BCUT2D eigenvalue weighted by atomic mass is 10.2. The molecule has 1 N–H and O–H groups in total. The largest absolute Gasteiger partial charge is 0.374 e. The number of aryl methyl sites for hydroxylation is 1. The normalized spacial score (nSPS) is 17.6. The number of fused-ring (bicyclic) bond motifs is 1. The maximum absolute atomic E-state index is 6.17. The molecule has 2 nitrogen and oxygen atoms in total. The maximum Gasteiger partial charge on any atom is 0.0724 e. The lowest BCUT2D eigenvalue weighted by Gasteiger charge is -2.16. The van der Waals surface area contributed by atoms with Gasteiger partial charge < -0.3 is 5.32 Å². The van der Waals surface area contributed by atoms with Crippen LogP contribution >= 0.6 is 23.2 Å². The van der Waals surface area contributed by atoms with E-state index >= 15 is 0 Å². The Labute approximate surface area is 116 Å². The highest BCUT2D eigenvalue weighted by atomic mass is 35.5.